The zero-order valence-electron chi connectivity index (χ0n) is 9.53. The summed E-state index contributed by atoms with van der Waals surface area (Å²) < 4.78 is 38.9. The molecule has 0 aliphatic heterocycles. The quantitative estimate of drug-likeness (QED) is 0.708. The maximum Gasteiger partial charge on any atom is 0.418 e. The predicted molar refractivity (Wildman–Crippen MR) is 59.7 cm³/mol. The van der Waals surface area contributed by atoms with Gasteiger partial charge in [-0.3, -0.25) is 9.59 Å². The van der Waals surface area contributed by atoms with Gasteiger partial charge < -0.3 is 9.97 Å². The molecule has 1 aromatic heterocycles. The van der Waals surface area contributed by atoms with E-state index < -0.39 is 28.4 Å². The fourth-order valence-corrected chi connectivity index (χ4v) is 1.85. The van der Waals surface area contributed by atoms with Crippen LogP contribution in [0.5, 0.6) is 0 Å². The maximum absolute atomic E-state index is 13.0. The minimum atomic E-state index is -4.60. The Morgan fingerprint density at radius 3 is 2.17 bits per heavy atom. The van der Waals surface area contributed by atoms with Gasteiger partial charge in [0.1, 0.15) is 0 Å². The van der Waals surface area contributed by atoms with Gasteiger partial charge in [-0.05, 0) is 31.0 Å². The summed E-state index contributed by atoms with van der Waals surface area (Å²) >= 11 is 0. The van der Waals surface area contributed by atoms with Crippen LogP contribution >= 0.6 is 0 Å². The Balaban J connectivity index is 3.07. The molecule has 2 N–H and O–H groups in total. The highest BCUT2D eigenvalue weighted by Crippen LogP contribution is 2.36. The van der Waals surface area contributed by atoms with Gasteiger partial charge in [0.15, 0.2) is 0 Å². The van der Waals surface area contributed by atoms with E-state index in [-0.39, 0.29) is 11.1 Å². The lowest BCUT2D eigenvalue weighted by Crippen LogP contribution is -2.30. The smallest absolute Gasteiger partial charge is 0.316 e. The summed E-state index contributed by atoms with van der Waals surface area (Å²) in [6, 6.07) is 1.40. The number of nitrogens with one attached hydrogen (secondary N) is 2. The summed E-state index contributed by atoms with van der Waals surface area (Å²) in [5, 5.41) is 0. The molecule has 0 saturated heterocycles. The van der Waals surface area contributed by atoms with Crippen molar-refractivity contribution in [2.45, 2.75) is 20.0 Å². The first kappa shape index (κ1) is 12.4. The van der Waals surface area contributed by atoms with Crippen LogP contribution in [0, 0.1) is 13.8 Å². The Morgan fingerprint density at radius 2 is 1.61 bits per heavy atom. The molecule has 0 atom stereocenters. The summed E-state index contributed by atoms with van der Waals surface area (Å²) in [5.74, 6) is 0. The van der Waals surface area contributed by atoms with Crippen molar-refractivity contribution >= 4 is 11.0 Å². The number of aromatic amines is 2. The monoisotopic (exact) mass is 258 g/mol. The Labute approximate surface area is 98.5 Å². The van der Waals surface area contributed by atoms with Crippen LogP contribution in [0.3, 0.4) is 0 Å². The van der Waals surface area contributed by atoms with Crippen molar-refractivity contribution in [2.24, 2.45) is 0 Å². The normalized spacial score (nSPS) is 12.1. The molecule has 1 heterocycles. The van der Waals surface area contributed by atoms with Crippen LogP contribution in [-0.2, 0) is 6.18 Å². The number of fused-ring (bicyclic) bond motifs is 1. The second-order valence-corrected chi connectivity index (χ2v) is 4.02. The predicted octanol–water partition coefficient (Wildman–Crippen LogP) is 1.85. The van der Waals surface area contributed by atoms with Gasteiger partial charge in [0, 0.05) is 0 Å². The lowest BCUT2D eigenvalue weighted by Gasteiger charge is -2.15. The van der Waals surface area contributed by atoms with Crippen molar-refractivity contribution in [1.82, 2.24) is 9.97 Å². The molecule has 0 saturated carbocycles. The molecule has 0 radical (unpaired) electrons. The summed E-state index contributed by atoms with van der Waals surface area (Å²) in [5.41, 5.74) is -3.01. The molecule has 2 aromatic rings. The number of benzene rings is 1. The molecule has 0 aliphatic carbocycles. The highest BCUT2D eigenvalue weighted by Gasteiger charge is 2.35. The van der Waals surface area contributed by atoms with Gasteiger partial charge in [-0.1, -0.05) is 0 Å². The van der Waals surface area contributed by atoms with Gasteiger partial charge in [-0.15, -0.1) is 0 Å². The van der Waals surface area contributed by atoms with Crippen LogP contribution in [0.2, 0.25) is 0 Å². The lowest BCUT2D eigenvalue weighted by atomic mass is 10.0. The van der Waals surface area contributed by atoms with Crippen LogP contribution in [-0.4, -0.2) is 9.97 Å². The van der Waals surface area contributed by atoms with Gasteiger partial charge in [0.05, 0.1) is 16.6 Å². The Hall–Kier alpha value is -2.05. The van der Waals surface area contributed by atoms with Crippen molar-refractivity contribution in [2.75, 3.05) is 0 Å². The van der Waals surface area contributed by atoms with Gasteiger partial charge >= 0.3 is 17.3 Å². The highest BCUT2D eigenvalue weighted by molar-refractivity contribution is 5.80. The number of hydrogen-bond donors (Lipinski definition) is 2. The van der Waals surface area contributed by atoms with Crippen molar-refractivity contribution in [3.8, 4) is 0 Å². The number of aromatic nitrogens is 2. The molecule has 7 heteroatoms. The molecule has 4 nitrogen and oxygen atoms in total. The molecule has 18 heavy (non-hydrogen) atoms. The molecule has 0 amide bonds. The van der Waals surface area contributed by atoms with Crippen molar-refractivity contribution < 1.29 is 13.2 Å². The molecule has 2 rings (SSSR count). The molecular weight excluding hydrogens is 249 g/mol. The average molecular weight is 258 g/mol. The van der Waals surface area contributed by atoms with Crippen molar-refractivity contribution in [3.63, 3.8) is 0 Å². The maximum atomic E-state index is 13.0. The number of halogens is 3. The van der Waals surface area contributed by atoms with Gasteiger partial charge in [-0.2, -0.15) is 13.2 Å². The van der Waals surface area contributed by atoms with Crippen LogP contribution in [0.4, 0.5) is 13.2 Å². The second-order valence-electron chi connectivity index (χ2n) is 4.02. The van der Waals surface area contributed by atoms with Crippen LogP contribution in [0.15, 0.2) is 15.7 Å². The first-order valence-electron chi connectivity index (χ1n) is 5.05. The first-order chi connectivity index (χ1) is 8.21. The first-order valence-corrected chi connectivity index (χ1v) is 5.05. The highest BCUT2D eigenvalue weighted by atomic mass is 19.4. The van der Waals surface area contributed by atoms with Crippen LogP contribution in [0.25, 0.3) is 11.0 Å². The summed E-state index contributed by atoms with van der Waals surface area (Å²) in [6.45, 7) is 2.83. The number of hydrogen-bond acceptors (Lipinski definition) is 2. The molecule has 0 fully saturated rings. The zero-order chi connectivity index (χ0) is 13.7. The molecular formula is C11H9F3N2O2. The number of aryl methyl sites for hydroxylation is 1. The van der Waals surface area contributed by atoms with E-state index in [0.29, 0.717) is 5.56 Å². The summed E-state index contributed by atoms with van der Waals surface area (Å²) in [4.78, 5) is 26.4. The molecule has 96 valence electrons. The minimum absolute atomic E-state index is 0.0256. The summed E-state index contributed by atoms with van der Waals surface area (Å²) in [7, 11) is 0. The Bertz CT molecular complexity index is 741. The van der Waals surface area contributed by atoms with E-state index in [9.17, 15) is 22.8 Å². The molecule has 0 unspecified atom stereocenters. The van der Waals surface area contributed by atoms with E-state index in [1.807, 2.05) is 4.98 Å². The third kappa shape index (κ3) is 1.81. The Kier molecular flexibility index (Phi) is 2.57. The fraction of sp³-hybridized carbons (Fsp3) is 0.273. The van der Waals surface area contributed by atoms with Crippen LogP contribution < -0.4 is 11.1 Å². The lowest BCUT2D eigenvalue weighted by molar-refractivity contribution is -0.136. The standard InChI is InChI=1S/C11H9F3N2O2/c1-4-3-6-8(16-10(18)9(17)15-6)7(5(4)2)11(12,13)14/h3H,1-2H3,(H,15,17)(H,16,18). The number of H-pyrrole nitrogens is 2. The second kappa shape index (κ2) is 3.72. The molecule has 1 aromatic carbocycles. The third-order valence-corrected chi connectivity index (χ3v) is 2.82. The van der Waals surface area contributed by atoms with E-state index in [4.69, 9.17) is 0 Å². The van der Waals surface area contributed by atoms with Gasteiger partial charge in [0.25, 0.3) is 0 Å². The van der Waals surface area contributed by atoms with Gasteiger partial charge in [0.2, 0.25) is 0 Å². The average Bonchev–Trinajstić information content (AvgIpc) is 2.21. The van der Waals surface area contributed by atoms with Crippen molar-refractivity contribution in [1.29, 1.82) is 0 Å². The largest absolute Gasteiger partial charge is 0.418 e. The molecule has 0 aliphatic rings. The number of rotatable bonds is 0. The topological polar surface area (TPSA) is 65.7 Å². The van der Waals surface area contributed by atoms with E-state index in [2.05, 4.69) is 4.98 Å². The SMILES string of the molecule is Cc1cc2[nH]c(=O)c(=O)[nH]c2c(C(F)(F)F)c1C. The van der Waals surface area contributed by atoms with E-state index in [1.165, 1.54) is 19.9 Å². The number of alkyl halides is 3. The minimum Gasteiger partial charge on any atom is -0.316 e. The Morgan fingerprint density at radius 1 is 1.06 bits per heavy atom. The third-order valence-electron chi connectivity index (χ3n) is 2.82. The van der Waals surface area contributed by atoms with Crippen molar-refractivity contribution in [3.05, 3.63) is 43.5 Å². The van der Waals surface area contributed by atoms with E-state index in [0.717, 1.165) is 0 Å². The van der Waals surface area contributed by atoms with E-state index in [1.54, 1.807) is 0 Å². The fourth-order valence-electron chi connectivity index (χ4n) is 1.85. The summed E-state index contributed by atoms with van der Waals surface area (Å²) in [6.07, 6.45) is -4.60. The van der Waals surface area contributed by atoms with Crippen LogP contribution in [0.1, 0.15) is 16.7 Å². The molecule has 0 spiro atoms. The molecule has 0 bridgehead atoms. The van der Waals surface area contributed by atoms with E-state index >= 15 is 0 Å². The van der Waals surface area contributed by atoms with Gasteiger partial charge in [-0.25, -0.2) is 0 Å². The zero-order valence-corrected chi connectivity index (χ0v) is 9.53.